The van der Waals surface area contributed by atoms with E-state index >= 15 is 0 Å². The number of nitrogens with two attached hydrogens (primary N) is 1. The summed E-state index contributed by atoms with van der Waals surface area (Å²) < 4.78 is 0. The number of nitrogens with one attached hydrogen (secondary N) is 4. The van der Waals surface area contributed by atoms with Crippen molar-refractivity contribution in [1.29, 1.82) is 0 Å². The van der Waals surface area contributed by atoms with Gasteiger partial charge in [-0.05, 0) is 35.2 Å². The maximum atomic E-state index is 13.4. The number of benzene rings is 2. The molecular weight excluding hydrogens is 490 g/mol. The summed E-state index contributed by atoms with van der Waals surface area (Å²) in [6, 6.07) is 10.1. The van der Waals surface area contributed by atoms with Crippen LogP contribution in [0.3, 0.4) is 0 Å². The van der Waals surface area contributed by atoms with Crippen LogP contribution in [0.2, 0.25) is 0 Å². The highest BCUT2D eigenvalue weighted by molar-refractivity contribution is 5.94. The highest BCUT2D eigenvalue weighted by atomic mass is 16.4. The summed E-state index contributed by atoms with van der Waals surface area (Å²) in [5.41, 5.74) is 7.58. The first kappa shape index (κ1) is 28.2. The van der Waals surface area contributed by atoms with E-state index in [0.29, 0.717) is 5.56 Å². The van der Waals surface area contributed by atoms with Crippen LogP contribution in [0.4, 0.5) is 0 Å². The fourth-order valence-electron chi connectivity index (χ4n) is 4.10. The predicted octanol–water partition coefficient (Wildman–Crippen LogP) is 0.812. The van der Waals surface area contributed by atoms with Crippen LogP contribution in [0.5, 0.6) is 5.75 Å². The number of carbonyl (C=O) groups excluding carboxylic acids is 3. The molecule has 0 aliphatic rings. The number of carboxylic acids is 1. The van der Waals surface area contributed by atoms with Gasteiger partial charge in [0.2, 0.25) is 17.7 Å². The monoisotopic (exact) mass is 523 g/mol. The third-order valence-electron chi connectivity index (χ3n) is 6.17. The smallest absolute Gasteiger partial charge is 0.326 e. The number of carbonyl (C=O) groups is 4. The molecule has 8 N–H and O–H groups in total. The lowest BCUT2D eigenvalue weighted by Crippen LogP contribution is -2.58. The Morgan fingerprint density at radius 3 is 2.18 bits per heavy atom. The molecule has 3 rings (SSSR count). The molecule has 0 radical (unpaired) electrons. The van der Waals surface area contributed by atoms with Crippen molar-refractivity contribution < 1.29 is 29.4 Å². The fraction of sp³-hybridized carbons (Fsp3) is 0.333. The van der Waals surface area contributed by atoms with Crippen LogP contribution in [0.1, 0.15) is 25.0 Å². The minimum Gasteiger partial charge on any atom is -0.508 e. The van der Waals surface area contributed by atoms with Crippen molar-refractivity contribution in [2.24, 2.45) is 11.7 Å². The third-order valence-corrected chi connectivity index (χ3v) is 6.17. The molecular formula is C27H33N5O6. The van der Waals surface area contributed by atoms with E-state index in [0.717, 1.165) is 16.5 Å². The molecule has 11 nitrogen and oxygen atoms in total. The minimum absolute atomic E-state index is 0.0315. The molecule has 3 atom stereocenters. The van der Waals surface area contributed by atoms with Crippen LogP contribution >= 0.6 is 0 Å². The summed E-state index contributed by atoms with van der Waals surface area (Å²) in [4.78, 5) is 53.6. The molecule has 0 fully saturated rings. The summed E-state index contributed by atoms with van der Waals surface area (Å²) in [6.45, 7) is 3.19. The molecule has 2 aromatic carbocycles. The quantitative estimate of drug-likeness (QED) is 0.183. The van der Waals surface area contributed by atoms with Gasteiger partial charge in [0.25, 0.3) is 0 Å². The number of aromatic hydroxyl groups is 1. The average Bonchev–Trinajstić information content (AvgIpc) is 3.29. The minimum atomic E-state index is -1.28. The Morgan fingerprint density at radius 2 is 1.55 bits per heavy atom. The van der Waals surface area contributed by atoms with Crippen molar-refractivity contribution >= 4 is 34.6 Å². The zero-order valence-corrected chi connectivity index (χ0v) is 21.2. The Kier molecular flexibility index (Phi) is 9.44. The Bertz CT molecular complexity index is 1290. The first-order valence-electron chi connectivity index (χ1n) is 12.2. The summed E-state index contributed by atoms with van der Waals surface area (Å²) >= 11 is 0. The number of aromatic nitrogens is 1. The lowest BCUT2D eigenvalue weighted by atomic mass is 10.00. The molecule has 11 heteroatoms. The number of hydrogen-bond acceptors (Lipinski definition) is 6. The molecule has 202 valence electrons. The van der Waals surface area contributed by atoms with E-state index in [1.54, 1.807) is 32.2 Å². The number of aromatic amines is 1. The van der Waals surface area contributed by atoms with Crippen molar-refractivity contribution in [2.45, 2.75) is 44.8 Å². The van der Waals surface area contributed by atoms with Crippen LogP contribution in [0.25, 0.3) is 10.9 Å². The second-order valence-electron chi connectivity index (χ2n) is 9.39. The number of fused-ring (bicyclic) bond motifs is 1. The molecule has 1 heterocycles. The van der Waals surface area contributed by atoms with Gasteiger partial charge in [0.1, 0.15) is 23.9 Å². The number of amides is 3. The van der Waals surface area contributed by atoms with E-state index in [4.69, 9.17) is 5.73 Å². The first-order chi connectivity index (χ1) is 18.1. The Hall–Kier alpha value is -4.38. The number of phenolic OH excluding ortho intramolecular Hbond substituents is 1. The summed E-state index contributed by atoms with van der Waals surface area (Å²) in [5.74, 6) is -3.32. The molecule has 3 aromatic rings. The number of phenols is 1. The van der Waals surface area contributed by atoms with E-state index in [-0.39, 0.29) is 31.1 Å². The lowest BCUT2D eigenvalue weighted by Gasteiger charge is -2.26. The van der Waals surface area contributed by atoms with Gasteiger partial charge >= 0.3 is 5.97 Å². The normalized spacial score (nSPS) is 13.5. The molecule has 0 spiro atoms. The van der Waals surface area contributed by atoms with Gasteiger partial charge in [0, 0.05) is 29.9 Å². The van der Waals surface area contributed by atoms with Crippen LogP contribution in [0, 0.1) is 5.92 Å². The number of para-hydroxylation sites is 1. The van der Waals surface area contributed by atoms with Gasteiger partial charge in [-0.15, -0.1) is 0 Å². The standard InChI is InChI=1S/C27H33N5O6/c1-15(2)24(32-23(34)13-28)26(36)30-21(12-17-14-29-20-6-4-3-5-19(17)20)25(35)31-22(27(37)38)11-16-7-9-18(33)10-8-16/h3-10,14-15,21-22,24,29,33H,11-13,28H2,1-2H3,(H,30,36)(H,31,35)(H,32,34)(H,37,38). The number of hydrogen-bond donors (Lipinski definition) is 7. The van der Waals surface area contributed by atoms with E-state index in [9.17, 15) is 29.4 Å². The maximum absolute atomic E-state index is 13.4. The van der Waals surface area contributed by atoms with Crippen molar-refractivity contribution in [3.05, 3.63) is 65.9 Å². The van der Waals surface area contributed by atoms with E-state index in [2.05, 4.69) is 20.9 Å². The molecule has 1 aromatic heterocycles. The molecule has 0 saturated heterocycles. The predicted molar refractivity (Wildman–Crippen MR) is 141 cm³/mol. The van der Waals surface area contributed by atoms with Gasteiger partial charge in [-0.2, -0.15) is 0 Å². The maximum Gasteiger partial charge on any atom is 0.326 e. The molecule has 0 bridgehead atoms. The van der Waals surface area contributed by atoms with Gasteiger partial charge < -0.3 is 36.9 Å². The Balaban J connectivity index is 1.86. The van der Waals surface area contributed by atoms with Gasteiger partial charge in [-0.1, -0.05) is 44.2 Å². The molecule has 0 saturated carbocycles. The second-order valence-corrected chi connectivity index (χ2v) is 9.39. The summed E-state index contributed by atoms with van der Waals surface area (Å²) in [7, 11) is 0. The lowest BCUT2D eigenvalue weighted by molar-refractivity contribution is -0.142. The van der Waals surface area contributed by atoms with Crippen LogP contribution in [-0.2, 0) is 32.0 Å². The van der Waals surface area contributed by atoms with Crippen molar-refractivity contribution in [3.63, 3.8) is 0 Å². The van der Waals surface area contributed by atoms with Gasteiger partial charge in [-0.3, -0.25) is 14.4 Å². The van der Waals surface area contributed by atoms with Crippen molar-refractivity contribution in [2.75, 3.05) is 6.54 Å². The molecule has 3 unspecified atom stereocenters. The number of rotatable bonds is 12. The average molecular weight is 524 g/mol. The van der Waals surface area contributed by atoms with E-state index in [1.165, 1.54) is 12.1 Å². The summed E-state index contributed by atoms with van der Waals surface area (Å²) in [6.07, 6.45) is 1.78. The van der Waals surface area contributed by atoms with Crippen LogP contribution < -0.4 is 21.7 Å². The van der Waals surface area contributed by atoms with Crippen molar-refractivity contribution in [3.8, 4) is 5.75 Å². The summed E-state index contributed by atoms with van der Waals surface area (Å²) in [5, 5.41) is 27.9. The Morgan fingerprint density at radius 1 is 0.895 bits per heavy atom. The number of H-pyrrole nitrogens is 1. The molecule has 3 amide bonds. The Labute approximate surface area is 219 Å². The van der Waals surface area contributed by atoms with Gasteiger partial charge in [0.05, 0.1) is 6.54 Å². The third kappa shape index (κ3) is 7.32. The second kappa shape index (κ2) is 12.7. The number of carboxylic acid groups (broad SMARTS) is 1. The SMILES string of the molecule is CC(C)C(NC(=O)CN)C(=O)NC(Cc1c[nH]c2ccccc12)C(=O)NC(Cc1ccc(O)cc1)C(=O)O. The van der Waals surface area contributed by atoms with E-state index < -0.39 is 41.8 Å². The topological polar surface area (TPSA) is 187 Å². The highest BCUT2D eigenvalue weighted by Crippen LogP contribution is 2.20. The molecule has 0 aliphatic carbocycles. The van der Waals surface area contributed by atoms with Gasteiger partial charge in [-0.25, -0.2) is 4.79 Å². The number of aliphatic carboxylic acids is 1. The van der Waals surface area contributed by atoms with Crippen LogP contribution in [0.15, 0.2) is 54.7 Å². The van der Waals surface area contributed by atoms with Crippen LogP contribution in [-0.4, -0.2) is 63.6 Å². The first-order valence-corrected chi connectivity index (χ1v) is 12.2. The molecule has 38 heavy (non-hydrogen) atoms. The highest BCUT2D eigenvalue weighted by Gasteiger charge is 2.31. The molecule has 0 aliphatic heterocycles. The zero-order valence-electron chi connectivity index (χ0n) is 21.2. The fourth-order valence-corrected chi connectivity index (χ4v) is 4.10. The zero-order chi connectivity index (χ0) is 27.8. The van der Waals surface area contributed by atoms with Crippen molar-refractivity contribution in [1.82, 2.24) is 20.9 Å². The largest absolute Gasteiger partial charge is 0.508 e. The van der Waals surface area contributed by atoms with E-state index in [1.807, 2.05) is 24.3 Å². The van der Waals surface area contributed by atoms with Gasteiger partial charge in [0.15, 0.2) is 0 Å².